The molecule has 0 aliphatic carbocycles. The van der Waals surface area contributed by atoms with Crippen molar-refractivity contribution in [2.24, 2.45) is 0 Å². The molecule has 0 unspecified atom stereocenters. The Bertz CT molecular complexity index is 246. The van der Waals surface area contributed by atoms with Gasteiger partial charge in [0, 0.05) is 17.6 Å². The summed E-state index contributed by atoms with van der Waals surface area (Å²) in [6, 6.07) is 4.26. The highest BCUT2D eigenvalue weighted by Gasteiger charge is 2.05. The normalized spacial score (nSPS) is 13.0. The van der Waals surface area contributed by atoms with Gasteiger partial charge < -0.3 is 0 Å². The van der Waals surface area contributed by atoms with Gasteiger partial charge in [0.1, 0.15) is 0 Å². The number of pyridine rings is 1. The quantitative estimate of drug-likeness (QED) is 0.687. The lowest BCUT2D eigenvalue weighted by Gasteiger charge is -2.24. The summed E-state index contributed by atoms with van der Waals surface area (Å²) < 4.78 is 0. The van der Waals surface area contributed by atoms with Crippen molar-refractivity contribution in [2.75, 3.05) is 18.8 Å². The van der Waals surface area contributed by atoms with E-state index in [9.17, 15) is 0 Å². The topological polar surface area (TPSA) is 12.9 Å². The lowest BCUT2D eigenvalue weighted by molar-refractivity contribution is 1.14. The maximum absolute atomic E-state index is 4.38. The average molecular weight is 183 g/mol. The molecule has 0 saturated heterocycles. The first-order chi connectivity index (χ1) is 5.47. The first kappa shape index (κ1) is 9.59. The molecule has 1 heterocycles. The van der Waals surface area contributed by atoms with Gasteiger partial charge in [0.15, 0.2) is 0 Å². The van der Waals surface area contributed by atoms with E-state index in [0.29, 0.717) is 0 Å². The van der Waals surface area contributed by atoms with Gasteiger partial charge in [-0.05, 0) is 37.3 Å². The van der Waals surface area contributed by atoms with Gasteiger partial charge >= 0.3 is 0 Å². The number of aromatic nitrogens is 1. The van der Waals surface area contributed by atoms with Gasteiger partial charge in [-0.2, -0.15) is 0 Å². The molecule has 68 valence electrons. The van der Waals surface area contributed by atoms with E-state index in [1.807, 2.05) is 6.20 Å². The third-order valence-corrected chi connectivity index (χ3v) is 2.72. The smallest absolute Gasteiger partial charge is 0.0487 e. The van der Waals surface area contributed by atoms with Crippen molar-refractivity contribution in [2.45, 2.75) is 12.7 Å². The van der Waals surface area contributed by atoms with Crippen LogP contribution in [0.3, 0.4) is 0 Å². The summed E-state index contributed by atoms with van der Waals surface area (Å²) in [7, 11) is -0.453. The van der Waals surface area contributed by atoms with E-state index >= 15 is 0 Å². The Morgan fingerprint density at radius 1 is 1.25 bits per heavy atom. The summed E-state index contributed by atoms with van der Waals surface area (Å²) in [4.78, 5) is 4.38. The fourth-order valence-corrected chi connectivity index (χ4v) is 2.09. The summed E-state index contributed by atoms with van der Waals surface area (Å²) in [5.74, 6) is 1.13. The molecule has 0 fully saturated rings. The Hall–Kier alpha value is -0.500. The Morgan fingerprint density at radius 2 is 1.92 bits per heavy atom. The summed E-state index contributed by atoms with van der Waals surface area (Å²) in [6.07, 6.45) is 8.89. The van der Waals surface area contributed by atoms with Crippen LogP contribution in [0.5, 0.6) is 0 Å². The minimum atomic E-state index is -0.453. The molecule has 12 heavy (non-hydrogen) atoms. The van der Waals surface area contributed by atoms with Gasteiger partial charge in [-0.3, -0.25) is 4.98 Å². The molecule has 0 aliphatic rings. The van der Waals surface area contributed by atoms with Crippen LogP contribution in [0.2, 0.25) is 0 Å². The van der Waals surface area contributed by atoms with E-state index in [4.69, 9.17) is 0 Å². The number of hydrogen-bond acceptors (Lipinski definition) is 1. The van der Waals surface area contributed by atoms with E-state index in [2.05, 4.69) is 42.8 Å². The molecular formula is C10H17NS. The molecule has 0 N–H and O–H groups in total. The SMILES string of the molecule is Cc1ccc(CS(C)(C)C)nc1. The van der Waals surface area contributed by atoms with Crippen molar-refractivity contribution >= 4 is 10.0 Å². The standard InChI is InChI=1S/C10H17NS/c1-9-5-6-10(11-7-9)8-12(2,3)4/h5-7H,8H2,1-4H3. The van der Waals surface area contributed by atoms with Crippen molar-refractivity contribution in [3.8, 4) is 0 Å². The minimum absolute atomic E-state index is 0.453. The zero-order chi connectivity index (χ0) is 9.19. The van der Waals surface area contributed by atoms with E-state index < -0.39 is 10.0 Å². The lowest BCUT2D eigenvalue weighted by Crippen LogP contribution is -1.98. The second kappa shape index (κ2) is 3.48. The Morgan fingerprint density at radius 3 is 2.33 bits per heavy atom. The van der Waals surface area contributed by atoms with Crippen LogP contribution in [0.1, 0.15) is 11.3 Å². The maximum atomic E-state index is 4.38. The number of hydrogen-bond donors (Lipinski definition) is 0. The van der Waals surface area contributed by atoms with Gasteiger partial charge in [-0.25, -0.2) is 10.0 Å². The highest BCUT2D eigenvalue weighted by Crippen LogP contribution is 2.38. The fraction of sp³-hybridized carbons (Fsp3) is 0.500. The predicted octanol–water partition coefficient (Wildman–Crippen LogP) is 2.58. The number of nitrogens with zero attached hydrogens (tertiary/aromatic N) is 1. The van der Waals surface area contributed by atoms with Gasteiger partial charge in [0.2, 0.25) is 0 Å². The first-order valence-electron chi connectivity index (χ1n) is 4.05. The molecule has 1 rings (SSSR count). The summed E-state index contributed by atoms with van der Waals surface area (Å²) in [5, 5.41) is 0. The summed E-state index contributed by atoms with van der Waals surface area (Å²) >= 11 is 0. The van der Waals surface area contributed by atoms with Crippen LogP contribution < -0.4 is 0 Å². The van der Waals surface area contributed by atoms with Gasteiger partial charge in [0.05, 0.1) is 0 Å². The predicted molar refractivity (Wildman–Crippen MR) is 58.0 cm³/mol. The van der Waals surface area contributed by atoms with E-state index in [1.165, 1.54) is 11.3 Å². The van der Waals surface area contributed by atoms with Gasteiger partial charge in [-0.15, -0.1) is 0 Å². The van der Waals surface area contributed by atoms with Crippen molar-refractivity contribution in [1.29, 1.82) is 0 Å². The van der Waals surface area contributed by atoms with Gasteiger partial charge in [-0.1, -0.05) is 6.07 Å². The van der Waals surface area contributed by atoms with Gasteiger partial charge in [0.25, 0.3) is 0 Å². The molecule has 0 radical (unpaired) electrons. The molecule has 2 heteroatoms. The van der Waals surface area contributed by atoms with Crippen LogP contribution >= 0.6 is 10.0 Å². The third-order valence-electron chi connectivity index (χ3n) is 1.55. The molecule has 0 aromatic carbocycles. The maximum Gasteiger partial charge on any atom is 0.0487 e. The molecule has 0 atom stereocenters. The molecule has 0 aliphatic heterocycles. The van der Waals surface area contributed by atoms with Crippen molar-refractivity contribution in [3.63, 3.8) is 0 Å². The van der Waals surface area contributed by atoms with Crippen LogP contribution in [-0.2, 0) is 5.75 Å². The Balaban J connectivity index is 2.71. The molecule has 0 saturated carbocycles. The lowest BCUT2D eigenvalue weighted by atomic mass is 10.3. The fourth-order valence-electron chi connectivity index (χ4n) is 1.03. The van der Waals surface area contributed by atoms with E-state index in [0.717, 1.165) is 5.75 Å². The van der Waals surface area contributed by atoms with E-state index in [-0.39, 0.29) is 0 Å². The molecule has 0 bridgehead atoms. The number of aryl methyl sites for hydroxylation is 1. The first-order valence-corrected chi connectivity index (χ1v) is 7.07. The molecular weight excluding hydrogens is 166 g/mol. The third kappa shape index (κ3) is 3.26. The Labute approximate surface area is 76.5 Å². The van der Waals surface area contributed by atoms with Crippen LogP contribution in [0.15, 0.2) is 18.3 Å². The molecule has 1 aromatic heterocycles. The molecule has 0 spiro atoms. The minimum Gasteiger partial charge on any atom is -0.260 e. The van der Waals surface area contributed by atoms with Crippen LogP contribution in [0.25, 0.3) is 0 Å². The second-order valence-electron chi connectivity index (χ2n) is 4.06. The zero-order valence-corrected chi connectivity index (χ0v) is 9.11. The Kier molecular flexibility index (Phi) is 2.78. The second-order valence-corrected chi connectivity index (χ2v) is 8.53. The van der Waals surface area contributed by atoms with Crippen molar-refractivity contribution in [1.82, 2.24) is 4.98 Å². The highest BCUT2D eigenvalue weighted by atomic mass is 32.3. The van der Waals surface area contributed by atoms with Crippen LogP contribution in [0, 0.1) is 6.92 Å². The zero-order valence-electron chi connectivity index (χ0n) is 8.29. The largest absolute Gasteiger partial charge is 0.260 e. The van der Waals surface area contributed by atoms with Crippen molar-refractivity contribution in [3.05, 3.63) is 29.6 Å². The summed E-state index contributed by atoms with van der Waals surface area (Å²) in [6.45, 7) is 2.07. The van der Waals surface area contributed by atoms with Crippen LogP contribution in [-0.4, -0.2) is 23.8 Å². The highest BCUT2D eigenvalue weighted by molar-refractivity contribution is 8.31. The number of rotatable bonds is 2. The van der Waals surface area contributed by atoms with Crippen LogP contribution in [0.4, 0.5) is 0 Å². The molecule has 1 nitrogen and oxygen atoms in total. The van der Waals surface area contributed by atoms with E-state index in [1.54, 1.807) is 0 Å². The summed E-state index contributed by atoms with van der Waals surface area (Å²) in [5.41, 5.74) is 2.46. The van der Waals surface area contributed by atoms with Crippen molar-refractivity contribution < 1.29 is 0 Å². The molecule has 1 aromatic rings. The monoisotopic (exact) mass is 183 g/mol. The average Bonchev–Trinajstić information content (AvgIpc) is 1.91. The molecule has 0 amide bonds.